The fourth-order valence-electron chi connectivity index (χ4n) is 2.66. The molecule has 1 rings (SSSR count). The molecule has 120 valence electrons. The topological polar surface area (TPSA) is 9.23 Å². The highest BCUT2D eigenvalue weighted by Crippen LogP contribution is 2.36. The monoisotopic (exact) mass is 374 g/mol. The van der Waals surface area contributed by atoms with Crippen LogP contribution >= 0.6 is 27.5 Å². The van der Waals surface area contributed by atoms with E-state index in [1.165, 1.54) is 6.42 Å². The van der Waals surface area contributed by atoms with Gasteiger partial charge in [-0.3, -0.25) is 0 Å². The molecule has 0 aliphatic heterocycles. The average molecular weight is 376 g/mol. The number of benzene rings is 1. The van der Waals surface area contributed by atoms with Gasteiger partial charge in [-0.15, -0.1) is 11.6 Å². The van der Waals surface area contributed by atoms with Crippen LogP contribution in [0.15, 0.2) is 22.7 Å². The molecule has 0 aliphatic carbocycles. The molecule has 0 saturated heterocycles. The highest BCUT2D eigenvalue weighted by molar-refractivity contribution is 9.10. The second-order valence-electron chi connectivity index (χ2n) is 7.11. The van der Waals surface area contributed by atoms with E-state index in [0.717, 1.165) is 35.2 Å². The fourth-order valence-corrected chi connectivity index (χ4v) is 3.61. The Bertz CT molecular complexity index is 439. The Morgan fingerprint density at radius 2 is 1.95 bits per heavy atom. The van der Waals surface area contributed by atoms with Gasteiger partial charge < -0.3 is 4.74 Å². The van der Waals surface area contributed by atoms with Crippen LogP contribution in [0.2, 0.25) is 0 Å². The Kier molecular flexibility index (Phi) is 7.56. The van der Waals surface area contributed by atoms with E-state index in [9.17, 15) is 0 Å². The molecule has 0 aliphatic rings. The van der Waals surface area contributed by atoms with Crippen LogP contribution < -0.4 is 4.74 Å². The third kappa shape index (κ3) is 7.06. The zero-order valence-corrected chi connectivity index (χ0v) is 16.2. The zero-order chi connectivity index (χ0) is 16.0. The molecule has 0 N–H and O–H groups in total. The van der Waals surface area contributed by atoms with Crippen LogP contribution in [0.3, 0.4) is 0 Å². The van der Waals surface area contributed by atoms with Crippen molar-refractivity contribution in [2.75, 3.05) is 6.61 Å². The Hall–Kier alpha value is -0.210. The van der Waals surface area contributed by atoms with E-state index < -0.39 is 0 Å². The van der Waals surface area contributed by atoms with Crippen molar-refractivity contribution in [3.8, 4) is 5.75 Å². The Morgan fingerprint density at radius 1 is 1.29 bits per heavy atom. The summed E-state index contributed by atoms with van der Waals surface area (Å²) in [5.74, 6) is 1.51. The average Bonchev–Trinajstić information content (AvgIpc) is 2.34. The van der Waals surface area contributed by atoms with Gasteiger partial charge in [-0.2, -0.15) is 0 Å². The number of hydrogen-bond donors (Lipinski definition) is 0. The van der Waals surface area contributed by atoms with Crippen molar-refractivity contribution in [1.29, 1.82) is 0 Å². The van der Waals surface area contributed by atoms with E-state index in [-0.39, 0.29) is 5.38 Å². The largest absolute Gasteiger partial charge is 0.492 e. The predicted molar refractivity (Wildman–Crippen MR) is 96.4 cm³/mol. The SMILES string of the molecule is CCCOc1ccc(C(Cl)CC(C)CC(C)(C)C)cc1Br. The maximum atomic E-state index is 6.60. The molecule has 1 aromatic rings. The molecule has 1 aromatic carbocycles. The third-order valence-electron chi connectivity index (χ3n) is 3.35. The fraction of sp³-hybridized carbons (Fsp3) is 0.667. The van der Waals surface area contributed by atoms with Crippen molar-refractivity contribution in [2.24, 2.45) is 11.3 Å². The maximum absolute atomic E-state index is 6.60. The van der Waals surface area contributed by atoms with Gasteiger partial charge in [0.1, 0.15) is 5.75 Å². The van der Waals surface area contributed by atoms with Gasteiger partial charge in [0.05, 0.1) is 16.5 Å². The van der Waals surface area contributed by atoms with E-state index >= 15 is 0 Å². The summed E-state index contributed by atoms with van der Waals surface area (Å²) in [6.45, 7) is 12.0. The first-order valence-electron chi connectivity index (χ1n) is 7.79. The molecule has 2 atom stereocenters. The number of rotatable bonds is 7. The Morgan fingerprint density at radius 3 is 2.48 bits per heavy atom. The molecule has 1 nitrogen and oxygen atoms in total. The van der Waals surface area contributed by atoms with E-state index in [4.69, 9.17) is 16.3 Å². The highest BCUT2D eigenvalue weighted by Gasteiger charge is 2.19. The minimum Gasteiger partial charge on any atom is -0.492 e. The van der Waals surface area contributed by atoms with Crippen LogP contribution in [0, 0.1) is 11.3 Å². The molecule has 3 heteroatoms. The van der Waals surface area contributed by atoms with Gasteiger partial charge in [0.25, 0.3) is 0 Å². The Labute approximate surface area is 143 Å². The standard InChI is InChI=1S/C18H28BrClO/c1-6-9-21-17-8-7-14(11-15(17)19)16(20)10-13(2)12-18(3,4)5/h7-8,11,13,16H,6,9-10,12H2,1-5H3. The lowest BCUT2D eigenvalue weighted by Crippen LogP contribution is -2.12. The van der Waals surface area contributed by atoms with Crippen molar-refractivity contribution in [3.05, 3.63) is 28.2 Å². The van der Waals surface area contributed by atoms with Crippen molar-refractivity contribution < 1.29 is 4.74 Å². The van der Waals surface area contributed by atoms with Crippen LogP contribution in [0.25, 0.3) is 0 Å². The van der Waals surface area contributed by atoms with Gasteiger partial charge in [0.2, 0.25) is 0 Å². The molecule has 21 heavy (non-hydrogen) atoms. The summed E-state index contributed by atoms with van der Waals surface area (Å²) in [5.41, 5.74) is 1.52. The van der Waals surface area contributed by atoms with Crippen molar-refractivity contribution in [1.82, 2.24) is 0 Å². The molecule has 0 amide bonds. The molecule has 2 unspecified atom stereocenters. The van der Waals surface area contributed by atoms with Crippen molar-refractivity contribution in [2.45, 2.75) is 59.3 Å². The molecule has 0 heterocycles. The summed E-state index contributed by atoms with van der Waals surface area (Å²) in [4.78, 5) is 0. The zero-order valence-electron chi connectivity index (χ0n) is 13.9. The van der Waals surface area contributed by atoms with E-state index in [0.29, 0.717) is 11.3 Å². The summed E-state index contributed by atoms with van der Waals surface area (Å²) in [6.07, 6.45) is 3.20. The first-order valence-corrected chi connectivity index (χ1v) is 9.02. The van der Waals surface area contributed by atoms with Gasteiger partial charge in [-0.1, -0.05) is 40.7 Å². The quantitative estimate of drug-likeness (QED) is 0.467. The van der Waals surface area contributed by atoms with Crippen molar-refractivity contribution >= 4 is 27.5 Å². The molecule has 0 bridgehead atoms. The second-order valence-corrected chi connectivity index (χ2v) is 8.49. The molecular formula is C18H28BrClO. The number of halogens is 2. The molecule has 0 aromatic heterocycles. The molecule has 0 fully saturated rings. The molecule has 0 saturated carbocycles. The van der Waals surface area contributed by atoms with Gasteiger partial charge >= 0.3 is 0 Å². The predicted octanol–water partition coefficient (Wildman–Crippen LogP) is 6.98. The minimum absolute atomic E-state index is 0.0545. The molecule has 0 spiro atoms. The number of ether oxygens (including phenoxy) is 1. The molecule has 0 radical (unpaired) electrons. The van der Waals surface area contributed by atoms with E-state index in [1.54, 1.807) is 0 Å². The number of hydrogen-bond acceptors (Lipinski definition) is 1. The van der Waals surface area contributed by atoms with Crippen LogP contribution in [0.1, 0.15) is 64.8 Å². The lowest BCUT2D eigenvalue weighted by molar-refractivity contribution is 0.295. The number of alkyl halides is 1. The smallest absolute Gasteiger partial charge is 0.133 e. The van der Waals surface area contributed by atoms with Gasteiger partial charge in [0, 0.05) is 0 Å². The summed E-state index contributed by atoms with van der Waals surface area (Å²) in [5, 5.41) is 0.0545. The Balaban J connectivity index is 2.66. The molecular weight excluding hydrogens is 348 g/mol. The lowest BCUT2D eigenvalue weighted by atomic mass is 9.83. The highest BCUT2D eigenvalue weighted by atomic mass is 79.9. The van der Waals surface area contributed by atoms with Crippen LogP contribution in [0.5, 0.6) is 5.75 Å². The van der Waals surface area contributed by atoms with Crippen LogP contribution in [-0.2, 0) is 0 Å². The van der Waals surface area contributed by atoms with Crippen LogP contribution in [0.4, 0.5) is 0 Å². The summed E-state index contributed by atoms with van der Waals surface area (Å²) >= 11 is 10.2. The van der Waals surface area contributed by atoms with Gasteiger partial charge in [-0.25, -0.2) is 0 Å². The van der Waals surface area contributed by atoms with E-state index in [1.807, 2.05) is 6.07 Å². The van der Waals surface area contributed by atoms with Crippen molar-refractivity contribution in [3.63, 3.8) is 0 Å². The normalized spacial score (nSPS) is 14.8. The first kappa shape index (κ1) is 18.8. The minimum atomic E-state index is 0.0545. The van der Waals surface area contributed by atoms with Gasteiger partial charge in [-0.05, 0) is 64.2 Å². The third-order valence-corrected chi connectivity index (χ3v) is 4.40. The second kappa shape index (κ2) is 8.43. The lowest BCUT2D eigenvalue weighted by Gasteiger charge is -2.25. The summed E-state index contributed by atoms with van der Waals surface area (Å²) in [6, 6.07) is 6.18. The summed E-state index contributed by atoms with van der Waals surface area (Å²) in [7, 11) is 0. The van der Waals surface area contributed by atoms with Gasteiger partial charge in [0.15, 0.2) is 0 Å². The van der Waals surface area contributed by atoms with Crippen LogP contribution in [-0.4, -0.2) is 6.61 Å². The maximum Gasteiger partial charge on any atom is 0.133 e. The summed E-state index contributed by atoms with van der Waals surface area (Å²) < 4.78 is 6.67. The first-order chi connectivity index (χ1) is 9.73. The van der Waals surface area contributed by atoms with E-state index in [2.05, 4.69) is 62.7 Å².